The molecule has 0 saturated heterocycles. The predicted octanol–water partition coefficient (Wildman–Crippen LogP) is 0.908. The van der Waals surface area contributed by atoms with Gasteiger partial charge in [-0.05, 0) is 0 Å². The van der Waals surface area contributed by atoms with Crippen molar-refractivity contribution in [1.82, 2.24) is 0 Å². The van der Waals surface area contributed by atoms with Crippen molar-refractivity contribution in [3.05, 3.63) is 0 Å². The second-order valence-electron chi connectivity index (χ2n) is 4.65. The van der Waals surface area contributed by atoms with Gasteiger partial charge in [0.05, 0.1) is 0 Å². The van der Waals surface area contributed by atoms with E-state index in [1.54, 1.807) is 0 Å². The van der Waals surface area contributed by atoms with E-state index in [1.165, 1.54) is 0 Å². The minimum Gasteiger partial charge on any atom is -0.746 e. The minimum absolute atomic E-state index is 0. The van der Waals surface area contributed by atoms with Gasteiger partial charge in [0, 0.05) is 0 Å². The zero-order chi connectivity index (χ0) is 22.7. The first-order valence-corrected chi connectivity index (χ1v) is 6.96. The molecule has 1 unspecified atom stereocenters. The minimum atomic E-state index is -8.47. The molecule has 0 radical (unpaired) electrons. The molecule has 0 aromatic heterocycles. The van der Waals surface area contributed by atoms with Crippen molar-refractivity contribution in [1.29, 1.82) is 0 Å². The molecule has 0 aliphatic carbocycles. The Balaban J connectivity index is 0. The average Bonchev–Trinajstić information content (AvgIpc) is 2.43. The van der Waals surface area contributed by atoms with Crippen LogP contribution in [0.2, 0.25) is 0 Å². The van der Waals surface area contributed by atoms with Crippen LogP contribution in [0.1, 0.15) is 0 Å². The molecule has 0 bridgehead atoms. The second-order valence-corrected chi connectivity index (χ2v) is 6.05. The Kier molecular flexibility index (Phi) is 9.00. The van der Waals surface area contributed by atoms with Crippen molar-refractivity contribution in [2.24, 2.45) is 0 Å². The number of rotatable bonds is 8. The molecule has 0 heterocycles. The molecular formula is C8H2F15KO3S. The molecule has 0 aromatic rings. The van der Waals surface area contributed by atoms with Crippen molar-refractivity contribution in [3.63, 3.8) is 0 Å². The Labute approximate surface area is 186 Å². The van der Waals surface area contributed by atoms with Crippen LogP contribution in [0.15, 0.2) is 0 Å². The molecule has 0 N–H and O–H groups in total. The molecule has 164 valence electrons. The maximum Gasteiger partial charge on any atom is 1.00 e. The van der Waals surface area contributed by atoms with Crippen LogP contribution in [0, 0.1) is 0 Å². The largest absolute Gasteiger partial charge is 1.00 e. The fourth-order valence-corrected chi connectivity index (χ4v) is 1.78. The normalized spacial score (nSPS) is 16.8. The zero-order valence-corrected chi connectivity index (χ0v) is 16.4. The molecule has 28 heavy (non-hydrogen) atoms. The van der Waals surface area contributed by atoms with Crippen molar-refractivity contribution in [2.45, 2.75) is 47.5 Å². The average molecular weight is 502 g/mol. The van der Waals surface area contributed by atoms with Crippen LogP contribution in [0.5, 0.6) is 0 Å². The first kappa shape index (κ1) is 30.7. The second kappa shape index (κ2) is 8.21. The number of hydrogen-bond donors (Lipinski definition) is 0. The van der Waals surface area contributed by atoms with Crippen LogP contribution in [-0.2, 0) is 10.1 Å². The van der Waals surface area contributed by atoms with Crippen molar-refractivity contribution in [3.8, 4) is 0 Å². The molecule has 20 heteroatoms. The van der Waals surface area contributed by atoms with Gasteiger partial charge in [0.1, 0.15) is 10.1 Å². The van der Waals surface area contributed by atoms with Crippen molar-refractivity contribution < 1.29 is 130 Å². The zero-order valence-electron chi connectivity index (χ0n) is 12.5. The molecule has 3 nitrogen and oxygen atoms in total. The Morgan fingerprint density at radius 3 is 1.04 bits per heavy atom. The fourth-order valence-electron chi connectivity index (χ4n) is 1.27. The summed E-state index contributed by atoms with van der Waals surface area (Å²) in [6.07, 6.45) is -5.90. The van der Waals surface area contributed by atoms with Gasteiger partial charge in [-0.1, -0.05) is 0 Å². The van der Waals surface area contributed by atoms with Crippen LogP contribution in [0.4, 0.5) is 65.9 Å². The van der Waals surface area contributed by atoms with Gasteiger partial charge in [0.25, 0.3) is 5.50 Å². The molecule has 0 saturated carbocycles. The van der Waals surface area contributed by atoms with E-state index in [1.807, 2.05) is 0 Å². The Hall–Kier alpha value is 0.496. The van der Waals surface area contributed by atoms with E-state index in [0.717, 1.165) is 0 Å². The van der Waals surface area contributed by atoms with Crippen LogP contribution in [0.25, 0.3) is 0 Å². The van der Waals surface area contributed by atoms with E-state index < -0.39 is 57.6 Å². The third kappa shape index (κ3) is 4.27. The summed E-state index contributed by atoms with van der Waals surface area (Å²) in [5, 5.41) is 0. The van der Waals surface area contributed by atoms with Gasteiger partial charge >= 0.3 is 93.3 Å². The summed E-state index contributed by atoms with van der Waals surface area (Å²) in [5.41, 5.74) is -5.94. The summed E-state index contributed by atoms with van der Waals surface area (Å²) in [6, 6.07) is 0. The quantitative estimate of drug-likeness (QED) is 0.282. The van der Waals surface area contributed by atoms with Gasteiger partial charge in [0.15, 0.2) is 0 Å². The van der Waals surface area contributed by atoms with Crippen molar-refractivity contribution >= 4 is 10.1 Å². The summed E-state index contributed by atoms with van der Waals surface area (Å²) < 4.78 is 220. The van der Waals surface area contributed by atoms with Gasteiger partial charge in [-0.2, -0.15) is 52.7 Å². The third-order valence-corrected chi connectivity index (χ3v) is 3.64. The molecule has 1 atom stereocenters. The van der Waals surface area contributed by atoms with Gasteiger partial charge in [-0.15, -0.1) is 0 Å². The molecule has 0 aliphatic rings. The van der Waals surface area contributed by atoms with Gasteiger partial charge in [0.2, 0.25) is 0 Å². The Morgan fingerprint density at radius 2 is 0.821 bits per heavy atom. The Bertz CT molecular complexity index is 660. The number of halogens is 15. The molecule has 0 fully saturated rings. The number of alkyl halides is 15. The van der Waals surface area contributed by atoms with Gasteiger partial charge in [-0.3, -0.25) is 0 Å². The molecule has 0 spiro atoms. The van der Waals surface area contributed by atoms with Crippen LogP contribution >= 0.6 is 0 Å². The molecular weight excluding hydrogens is 500 g/mol. The van der Waals surface area contributed by atoms with Crippen LogP contribution in [-0.4, -0.2) is 60.4 Å². The summed E-state index contributed by atoms with van der Waals surface area (Å²) >= 11 is 0. The van der Waals surface area contributed by atoms with Gasteiger partial charge < -0.3 is 4.55 Å². The Morgan fingerprint density at radius 1 is 0.571 bits per heavy atom. The van der Waals surface area contributed by atoms with E-state index in [2.05, 4.69) is 0 Å². The molecule has 0 rings (SSSR count). The molecule has 0 amide bonds. The van der Waals surface area contributed by atoms with E-state index >= 15 is 0 Å². The van der Waals surface area contributed by atoms with E-state index in [0.29, 0.717) is 0 Å². The summed E-state index contributed by atoms with van der Waals surface area (Å²) in [7, 11) is -7.31. The maximum atomic E-state index is 13.0. The summed E-state index contributed by atoms with van der Waals surface area (Å²) in [6.45, 7) is 0. The standard InChI is InChI=1S/C8H3F15O3S.K/c9-1(10)3(12,13)5(16,17)7(20,21)8(22,23)6(18,19)4(14,15)2(11)27(24,25)26;/h1-2H,(H,24,25,26);/q;+1/p-1. The SMILES string of the molecule is O=S(=O)([O-])C(F)C(F)(F)C(F)(F)C(F)(F)C(F)(F)C(F)(F)C(F)(F)C(F)F.[K+]. The monoisotopic (exact) mass is 502 g/mol. The van der Waals surface area contributed by atoms with Gasteiger partial charge in [-0.25, -0.2) is 21.6 Å². The topological polar surface area (TPSA) is 57.2 Å². The maximum absolute atomic E-state index is 13.0. The predicted molar refractivity (Wildman–Crippen MR) is 50.3 cm³/mol. The smallest absolute Gasteiger partial charge is 0.746 e. The third-order valence-electron chi connectivity index (χ3n) is 2.83. The first-order chi connectivity index (χ1) is 11.3. The van der Waals surface area contributed by atoms with E-state index in [9.17, 15) is 78.8 Å². The molecule has 0 aliphatic heterocycles. The van der Waals surface area contributed by atoms with E-state index in [4.69, 9.17) is 0 Å². The number of hydrogen-bond acceptors (Lipinski definition) is 3. The van der Waals surface area contributed by atoms with Crippen LogP contribution in [0.3, 0.4) is 0 Å². The molecule has 0 aromatic carbocycles. The van der Waals surface area contributed by atoms with Crippen molar-refractivity contribution in [2.75, 3.05) is 0 Å². The summed E-state index contributed by atoms with van der Waals surface area (Å²) in [5.74, 6) is -48.5. The fraction of sp³-hybridized carbons (Fsp3) is 1.00. The first-order valence-electron chi connectivity index (χ1n) is 5.49. The summed E-state index contributed by atoms with van der Waals surface area (Å²) in [4.78, 5) is 0. The van der Waals surface area contributed by atoms with Crippen LogP contribution < -0.4 is 51.4 Å². The van der Waals surface area contributed by atoms with E-state index in [-0.39, 0.29) is 51.4 Å².